The van der Waals surface area contributed by atoms with Crippen molar-refractivity contribution < 1.29 is 14.6 Å². The molecule has 5 N–H and O–H groups in total. The molecule has 0 aliphatic carbocycles. The lowest BCUT2D eigenvalue weighted by molar-refractivity contribution is -0.125. The van der Waals surface area contributed by atoms with Crippen molar-refractivity contribution in [2.75, 3.05) is 25.4 Å². The number of carbonyl (C=O) groups is 1. The topological polar surface area (TPSA) is 122 Å². The third kappa shape index (κ3) is 5.98. The molecule has 1 saturated heterocycles. The first kappa shape index (κ1) is 22.5. The van der Waals surface area contributed by atoms with Crippen molar-refractivity contribution in [1.29, 1.82) is 0 Å². The number of anilines is 1. The third-order valence-corrected chi connectivity index (χ3v) is 5.81. The predicted octanol–water partition coefficient (Wildman–Crippen LogP) is 2.67. The van der Waals surface area contributed by atoms with Crippen LogP contribution in [-0.2, 0) is 17.8 Å². The number of hydrogen-bond acceptors (Lipinski definition) is 7. The van der Waals surface area contributed by atoms with Gasteiger partial charge in [-0.05, 0) is 49.2 Å². The molecule has 1 aliphatic heterocycles. The molecule has 0 atom stereocenters. The maximum atomic E-state index is 12.3. The lowest BCUT2D eigenvalue weighted by Crippen LogP contribution is -2.37. The number of phenols is 1. The van der Waals surface area contributed by atoms with Crippen LogP contribution in [0.5, 0.6) is 11.5 Å². The number of para-hydroxylation sites is 1. The minimum absolute atomic E-state index is 0.115. The normalized spacial score (nSPS) is 14.1. The van der Waals surface area contributed by atoms with E-state index in [4.69, 9.17) is 10.5 Å². The summed E-state index contributed by atoms with van der Waals surface area (Å²) in [5.74, 6) is 1.01. The van der Waals surface area contributed by atoms with E-state index in [2.05, 4.69) is 20.8 Å². The number of aromatic hydroxyl groups is 1. The Morgan fingerprint density at radius 1 is 1.09 bits per heavy atom. The molecular weight excluding hydrogens is 418 g/mol. The number of aromatic nitrogens is 2. The number of nitrogens with two attached hydrogens (primary N) is 1. The molecule has 0 radical (unpaired) electrons. The van der Waals surface area contributed by atoms with Crippen LogP contribution in [0.15, 0.2) is 54.6 Å². The number of benzene rings is 2. The lowest BCUT2D eigenvalue weighted by atomic mass is 9.97. The van der Waals surface area contributed by atoms with Crippen molar-refractivity contribution in [3.63, 3.8) is 0 Å². The molecule has 172 valence electrons. The molecule has 1 aliphatic rings. The molecule has 8 nitrogen and oxygen atoms in total. The fourth-order valence-corrected chi connectivity index (χ4v) is 3.84. The second-order valence-electron chi connectivity index (χ2n) is 8.15. The van der Waals surface area contributed by atoms with Gasteiger partial charge in [0.2, 0.25) is 5.91 Å². The van der Waals surface area contributed by atoms with E-state index >= 15 is 0 Å². The average Bonchev–Trinajstić information content (AvgIpc) is 2.85. The van der Waals surface area contributed by atoms with Gasteiger partial charge in [-0.1, -0.05) is 36.4 Å². The van der Waals surface area contributed by atoms with Crippen LogP contribution in [0.2, 0.25) is 0 Å². The van der Waals surface area contributed by atoms with Gasteiger partial charge in [0.1, 0.15) is 11.4 Å². The van der Waals surface area contributed by atoms with Gasteiger partial charge in [0.15, 0.2) is 11.6 Å². The van der Waals surface area contributed by atoms with Gasteiger partial charge < -0.3 is 26.2 Å². The van der Waals surface area contributed by atoms with Crippen LogP contribution in [-0.4, -0.2) is 40.9 Å². The molecule has 33 heavy (non-hydrogen) atoms. The van der Waals surface area contributed by atoms with Crippen LogP contribution < -0.4 is 21.1 Å². The number of rotatable bonds is 8. The van der Waals surface area contributed by atoms with Gasteiger partial charge in [0.25, 0.3) is 0 Å². The van der Waals surface area contributed by atoms with Gasteiger partial charge in [-0.2, -0.15) is 0 Å². The summed E-state index contributed by atoms with van der Waals surface area (Å²) in [4.78, 5) is 12.3. The maximum Gasteiger partial charge on any atom is 0.223 e. The number of piperidine rings is 1. The molecular formula is C25H29N5O3. The minimum atomic E-state index is 0.115. The molecule has 1 fully saturated rings. The summed E-state index contributed by atoms with van der Waals surface area (Å²) in [6.45, 7) is 2.77. The summed E-state index contributed by atoms with van der Waals surface area (Å²) >= 11 is 0. The van der Waals surface area contributed by atoms with Crippen molar-refractivity contribution in [3.05, 3.63) is 65.7 Å². The molecule has 0 bridgehead atoms. The summed E-state index contributed by atoms with van der Waals surface area (Å²) in [5, 5.41) is 24.4. The van der Waals surface area contributed by atoms with Gasteiger partial charge in [0, 0.05) is 30.5 Å². The van der Waals surface area contributed by atoms with E-state index in [-0.39, 0.29) is 23.4 Å². The Hall–Kier alpha value is -3.65. The van der Waals surface area contributed by atoms with E-state index in [9.17, 15) is 9.90 Å². The van der Waals surface area contributed by atoms with Crippen molar-refractivity contribution in [1.82, 2.24) is 20.8 Å². The Balaban J connectivity index is 1.28. The van der Waals surface area contributed by atoms with Gasteiger partial charge in [-0.25, -0.2) is 0 Å². The zero-order chi connectivity index (χ0) is 23.0. The van der Waals surface area contributed by atoms with Crippen LogP contribution >= 0.6 is 0 Å². The number of hydrogen-bond donors (Lipinski definition) is 4. The predicted molar refractivity (Wildman–Crippen MR) is 127 cm³/mol. The number of nitrogens with one attached hydrogen (secondary N) is 2. The van der Waals surface area contributed by atoms with E-state index in [0.29, 0.717) is 36.6 Å². The molecule has 4 rings (SSSR count). The third-order valence-electron chi connectivity index (χ3n) is 5.81. The van der Waals surface area contributed by atoms with Crippen molar-refractivity contribution >= 4 is 11.7 Å². The Morgan fingerprint density at radius 2 is 1.82 bits per heavy atom. The largest absolute Gasteiger partial charge is 0.507 e. The number of amides is 1. The summed E-state index contributed by atoms with van der Waals surface area (Å²) in [7, 11) is 0. The number of nitrogen functional groups attached to an aromatic ring is 1. The van der Waals surface area contributed by atoms with Gasteiger partial charge in [-0.3, -0.25) is 4.79 Å². The average molecular weight is 448 g/mol. The quantitative estimate of drug-likeness (QED) is 0.419. The van der Waals surface area contributed by atoms with Crippen LogP contribution in [0.25, 0.3) is 11.3 Å². The van der Waals surface area contributed by atoms with Crippen LogP contribution in [0, 0.1) is 5.92 Å². The zero-order valence-electron chi connectivity index (χ0n) is 18.5. The highest BCUT2D eigenvalue weighted by molar-refractivity contribution is 5.78. The molecule has 0 spiro atoms. The molecule has 8 heteroatoms. The molecule has 0 saturated carbocycles. The van der Waals surface area contributed by atoms with Gasteiger partial charge in [-0.15, -0.1) is 10.2 Å². The smallest absolute Gasteiger partial charge is 0.223 e. The fourth-order valence-electron chi connectivity index (χ4n) is 3.84. The molecule has 0 unspecified atom stereocenters. The second-order valence-corrected chi connectivity index (χ2v) is 8.15. The van der Waals surface area contributed by atoms with Crippen molar-refractivity contribution in [2.24, 2.45) is 5.92 Å². The monoisotopic (exact) mass is 447 g/mol. The SMILES string of the molecule is Nc1nnc(-c2ccccc2O)cc1OCCc1ccc(CNC(=O)C2CCNCC2)cc1. The number of nitrogens with zero attached hydrogens (tertiary/aromatic N) is 2. The number of phenolic OH excluding ortho intramolecular Hbond substituents is 1. The molecule has 1 aromatic heterocycles. The summed E-state index contributed by atoms with van der Waals surface area (Å²) in [5.41, 5.74) is 9.16. The van der Waals surface area contributed by atoms with E-state index in [1.807, 2.05) is 30.3 Å². The first-order valence-electron chi connectivity index (χ1n) is 11.2. The lowest BCUT2D eigenvalue weighted by Gasteiger charge is -2.21. The van der Waals surface area contributed by atoms with E-state index < -0.39 is 0 Å². The van der Waals surface area contributed by atoms with E-state index in [1.54, 1.807) is 24.3 Å². The first-order chi connectivity index (χ1) is 16.1. The Labute approximate surface area is 193 Å². The van der Waals surface area contributed by atoms with E-state index in [0.717, 1.165) is 37.1 Å². The molecule has 2 heterocycles. The fraction of sp³-hybridized carbons (Fsp3) is 0.320. The van der Waals surface area contributed by atoms with E-state index in [1.165, 1.54) is 0 Å². The highest BCUT2D eigenvalue weighted by Crippen LogP contribution is 2.30. The summed E-state index contributed by atoms with van der Waals surface area (Å²) < 4.78 is 5.85. The summed E-state index contributed by atoms with van der Waals surface area (Å²) in [6.07, 6.45) is 2.49. The van der Waals surface area contributed by atoms with Crippen LogP contribution in [0.3, 0.4) is 0 Å². The van der Waals surface area contributed by atoms with Crippen LogP contribution in [0.1, 0.15) is 24.0 Å². The van der Waals surface area contributed by atoms with Crippen LogP contribution in [0.4, 0.5) is 5.82 Å². The number of ether oxygens (including phenoxy) is 1. The number of carbonyl (C=O) groups excluding carboxylic acids is 1. The minimum Gasteiger partial charge on any atom is -0.507 e. The second kappa shape index (κ2) is 10.8. The summed E-state index contributed by atoms with van der Waals surface area (Å²) in [6, 6.07) is 16.7. The standard InChI is InChI=1S/C25H29N5O3/c26-24-23(15-21(29-30-24)20-3-1-2-4-22(20)31)33-14-11-17-5-7-18(8-6-17)16-28-25(32)19-9-12-27-13-10-19/h1-8,15,19,27,31H,9-14,16H2,(H2,26,30)(H,28,32). The van der Waals surface area contributed by atoms with Crippen molar-refractivity contribution in [3.8, 4) is 22.8 Å². The highest BCUT2D eigenvalue weighted by atomic mass is 16.5. The zero-order valence-corrected chi connectivity index (χ0v) is 18.5. The molecule has 3 aromatic rings. The first-order valence-corrected chi connectivity index (χ1v) is 11.2. The molecule has 1 amide bonds. The Bertz CT molecular complexity index is 1080. The van der Waals surface area contributed by atoms with Gasteiger partial charge in [0.05, 0.1) is 6.61 Å². The highest BCUT2D eigenvalue weighted by Gasteiger charge is 2.20. The molecule has 2 aromatic carbocycles. The maximum absolute atomic E-state index is 12.3. The Kier molecular flexibility index (Phi) is 7.36. The van der Waals surface area contributed by atoms with Gasteiger partial charge >= 0.3 is 0 Å². The van der Waals surface area contributed by atoms with Crippen molar-refractivity contribution in [2.45, 2.75) is 25.8 Å². The Morgan fingerprint density at radius 3 is 2.58 bits per heavy atom.